The minimum absolute atomic E-state index is 0.0203. The van der Waals surface area contributed by atoms with E-state index in [0.29, 0.717) is 0 Å². The Bertz CT molecular complexity index is 378. The molecule has 0 unspecified atom stereocenters. The van der Waals surface area contributed by atoms with Crippen molar-refractivity contribution in [2.24, 2.45) is 0 Å². The molecule has 0 saturated carbocycles. The SMILES string of the molecule is COc1[nH]cc(C(F)F)c(=O)c1CCl. The van der Waals surface area contributed by atoms with Crippen molar-refractivity contribution in [3.05, 3.63) is 27.5 Å². The molecular weight excluding hydrogens is 216 g/mol. The lowest BCUT2D eigenvalue weighted by Crippen LogP contribution is -2.16. The summed E-state index contributed by atoms with van der Waals surface area (Å²) in [6.07, 6.45) is -1.88. The lowest BCUT2D eigenvalue weighted by Gasteiger charge is -2.06. The third-order valence-electron chi connectivity index (χ3n) is 1.74. The van der Waals surface area contributed by atoms with E-state index in [9.17, 15) is 13.6 Å². The zero-order valence-electron chi connectivity index (χ0n) is 7.31. The Kier molecular flexibility index (Phi) is 3.46. The second-order valence-corrected chi connectivity index (χ2v) is 2.79. The molecule has 0 aliphatic rings. The van der Waals surface area contributed by atoms with Crippen molar-refractivity contribution in [2.45, 2.75) is 12.3 Å². The van der Waals surface area contributed by atoms with Crippen molar-refractivity contribution in [1.29, 1.82) is 0 Å². The number of ether oxygens (including phenoxy) is 1. The van der Waals surface area contributed by atoms with E-state index in [4.69, 9.17) is 16.3 Å². The summed E-state index contributed by atoms with van der Waals surface area (Å²) in [5.41, 5.74) is -1.35. The van der Waals surface area contributed by atoms with E-state index < -0.39 is 17.4 Å². The van der Waals surface area contributed by atoms with Gasteiger partial charge in [-0.05, 0) is 0 Å². The van der Waals surface area contributed by atoms with Crippen LogP contribution in [0.25, 0.3) is 0 Å². The number of halogens is 3. The lowest BCUT2D eigenvalue weighted by molar-refractivity contribution is 0.149. The molecule has 1 N–H and O–H groups in total. The van der Waals surface area contributed by atoms with Crippen LogP contribution in [0, 0.1) is 0 Å². The largest absolute Gasteiger partial charge is 0.482 e. The van der Waals surface area contributed by atoms with Gasteiger partial charge >= 0.3 is 0 Å². The third-order valence-corrected chi connectivity index (χ3v) is 2.01. The van der Waals surface area contributed by atoms with Gasteiger partial charge < -0.3 is 9.72 Å². The molecule has 14 heavy (non-hydrogen) atoms. The smallest absolute Gasteiger partial charge is 0.269 e. The molecular formula is C8H8ClF2NO2. The predicted molar refractivity (Wildman–Crippen MR) is 48.1 cm³/mol. The van der Waals surface area contributed by atoms with Crippen molar-refractivity contribution in [3.63, 3.8) is 0 Å². The van der Waals surface area contributed by atoms with E-state index in [2.05, 4.69) is 4.98 Å². The molecule has 3 nitrogen and oxygen atoms in total. The number of hydrogen-bond donors (Lipinski definition) is 1. The summed E-state index contributed by atoms with van der Waals surface area (Å²) in [5, 5.41) is 0. The third kappa shape index (κ3) is 1.87. The molecule has 0 amide bonds. The Balaban J connectivity index is 3.35. The van der Waals surface area contributed by atoms with Gasteiger partial charge in [0, 0.05) is 6.20 Å². The van der Waals surface area contributed by atoms with Gasteiger partial charge in [0.25, 0.3) is 6.43 Å². The number of alkyl halides is 3. The first-order chi connectivity index (χ1) is 6.61. The normalized spacial score (nSPS) is 10.6. The van der Waals surface area contributed by atoms with Crippen LogP contribution in [-0.2, 0) is 5.88 Å². The summed E-state index contributed by atoms with van der Waals surface area (Å²) < 4.78 is 29.3. The van der Waals surface area contributed by atoms with Crippen LogP contribution < -0.4 is 10.2 Å². The van der Waals surface area contributed by atoms with Gasteiger partial charge in [-0.2, -0.15) is 0 Å². The molecule has 0 fully saturated rings. The van der Waals surface area contributed by atoms with Gasteiger partial charge in [-0.15, -0.1) is 11.6 Å². The summed E-state index contributed by atoms with van der Waals surface area (Å²) in [5.74, 6) is -0.0478. The van der Waals surface area contributed by atoms with E-state index in [1.54, 1.807) is 0 Å². The van der Waals surface area contributed by atoms with Gasteiger partial charge in [0.2, 0.25) is 0 Å². The Morgan fingerprint density at radius 1 is 1.64 bits per heavy atom. The lowest BCUT2D eigenvalue weighted by atomic mass is 10.2. The minimum atomic E-state index is -2.81. The van der Waals surface area contributed by atoms with Gasteiger partial charge in [-0.25, -0.2) is 8.78 Å². The second-order valence-electron chi connectivity index (χ2n) is 2.52. The molecule has 1 aromatic rings. The molecule has 78 valence electrons. The molecule has 0 bridgehead atoms. The van der Waals surface area contributed by atoms with Crippen LogP contribution in [0.4, 0.5) is 8.78 Å². The van der Waals surface area contributed by atoms with Gasteiger partial charge in [0.05, 0.1) is 24.1 Å². The number of nitrogens with one attached hydrogen (secondary N) is 1. The number of aromatic amines is 1. The fourth-order valence-corrected chi connectivity index (χ4v) is 1.28. The highest BCUT2D eigenvalue weighted by atomic mass is 35.5. The van der Waals surface area contributed by atoms with E-state index in [1.165, 1.54) is 7.11 Å². The van der Waals surface area contributed by atoms with Gasteiger partial charge in [-0.1, -0.05) is 0 Å². The molecule has 1 rings (SSSR count). The predicted octanol–water partition coefficient (Wildman–Crippen LogP) is 2.06. The number of rotatable bonds is 3. The van der Waals surface area contributed by atoms with Crippen molar-refractivity contribution < 1.29 is 13.5 Å². The number of aromatic nitrogens is 1. The summed E-state index contributed by atoms with van der Waals surface area (Å²) in [6.45, 7) is 0. The van der Waals surface area contributed by atoms with Crippen LogP contribution in [0.5, 0.6) is 5.88 Å². The van der Waals surface area contributed by atoms with Crippen molar-refractivity contribution >= 4 is 11.6 Å². The first-order valence-electron chi connectivity index (χ1n) is 3.74. The van der Waals surface area contributed by atoms with Crippen LogP contribution in [-0.4, -0.2) is 12.1 Å². The first-order valence-corrected chi connectivity index (χ1v) is 4.27. The molecule has 0 aliphatic carbocycles. The highest BCUT2D eigenvalue weighted by Crippen LogP contribution is 2.19. The zero-order chi connectivity index (χ0) is 10.7. The summed E-state index contributed by atoms with van der Waals surface area (Å²) in [4.78, 5) is 13.8. The molecule has 0 aromatic carbocycles. The van der Waals surface area contributed by atoms with Crippen molar-refractivity contribution in [3.8, 4) is 5.88 Å². The molecule has 1 heterocycles. The zero-order valence-corrected chi connectivity index (χ0v) is 8.07. The molecule has 0 spiro atoms. The number of hydrogen-bond acceptors (Lipinski definition) is 2. The molecule has 0 aliphatic heterocycles. The van der Waals surface area contributed by atoms with Crippen LogP contribution in [0.3, 0.4) is 0 Å². The Morgan fingerprint density at radius 3 is 2.71 bits per heavy atom. The van der Waals surface area contributed by atoms with E-state index in [1.807, 2.05) is 0 Å². The maximum Gasteiger partial charge on any atom is 0.269 e. The Labute approximate surface area is 83.7 Å². The van der Waals surface area contributed by atoms with E-state index >= 15 is 0 Å². The van der Waals surface area contributed by atoms with Crippen LogP contribution in [0.1, 0.15) is 17.6 Å². The van der Waals surface area contributed by atoms with Gasteiger partial charge in [-0.3, -0.25) is 4.79 Å². The summed E-state index contributed by atoms with van der Waals surface area (Å²) >= 11 is 5.45. The van der Waals surface area contributed by atoms with Crippen LogP contribution >= 0.6 is 11.6 Å². The highest BCUT2D eigenvalue weighted by molar-refractivity contribution is 6.17. The van der Waals surface area contributed by atoms with Crippen LogP contribution in [0.15, 0.2) is 11.0 Å². The van der Waals surface area contributed by atoms with Crippen molar-refractivity contribution in [1.82, 2.24) is 4.98 Å². The number of H-pyrrole nitrogens is 1. The fourth-order valence-electron chi connectivity index (χ4n) is 1.04. The summed E-state index contributed by atoms with van der Waals surface area (Å²) in [6, 6.07) is 0. The quantitative estimate of drug-likeness (QED) is 0.797. The monoisotopic (exact) mass is 223 g/mol. The minimum Gasteiger partial charge on any atom is -0.482 e. The topological polar surface area (TPSA) is 42.1 Å². The molecule has 0 atom stereocenters. The fraction of sp³-hybridized carbons (Fsp3) is 0.375. The first kappa shape index (κ1) is 11.0. The van der Waals surface area contributed by atoms with Gasteiger partial charge in [0.1, 0.15) is 0 Å². The van der Waals surface area contributed by atoms with Gasteiger partial charge in [0.15, 0.2) is 11.3 Å². The maximum atomic E-state index is 12.3. The average molecular weight is 224 g/mol. The van der Waals surface area contributed by atoms with Crippen LogP contribution in [0.2, 0.25) is 0 Å². The number of pyridine rings is 1. The highest BCUT2D eigenvalue weighted by Gasteiger charge is 2.17. The molecule has 1 aromatic heterocycles. The standard InChI is InChI=1S/C8H8ClF2NO2/c1-14-8-4(2-9)6(13)5(3-12-8)7(10)11/h3,7H,2H2,1H3,(H,12,13). The Hall–Kier alpha value is -1.10. The van der Waals surface area contributed by atoms with E-state index in [0.717, 1.165) is 6.20 Å². The number of methoxy groups -OCH3 is 1. The average Bonchev–Trinajstić information content (AvgIpc) is 2.16. The molecule has 0 radical (unpaired) electrons. The maximum absolute atomic E-state index is 12.3. The second kappa shape index (κ2) is 4.41. The van der Waals surface area contributed by atoms with Crippen molar-refractivity contribution in [2.75, 3.05) is 7.11 Å². The molecule has 6 heteroatoms. The van der Waals surface area contributed by atoms with E-state index in [-0.39, 0.29) is 17.3 Å². The summed E-state index contributed by atoms with van der Waals surface area (Å²) in [7, 11) is 1.32. The Morgan fingerprint density at radius 2 is 2.29 bits per heavy atom. The molecule has 0 saturated heterocycles.